The van der Waals surface area contributed by atoms with Gasteiger partial charge in [-0.2, -0.15) is 8.62 Å². The van der Waals surface area contributed by atoms with Crippen molar-refractivity contribution in [2.75, 3.05) is 6.61 Å². The highest BCUT2D eigenvalue weighted by Gasteiger charge is 2.46. The van der Waals surface area contributed by atoms with Crippen molar-refractivity contribution in [1.82, 2.24) is 9.55 Å². The van der Waals surface area contributed by atoms with Crippen molar-refractivity contribution in [3.05, 3.63) is 21.7 Å². The Morgan fingerprint density at radius 2 is 1.69 bits per heavy atom. The summed E-state index contributed by atoms with van der Waals surface area (Å²) in [4.78, 5) is 38.0. The van der Waals surface area contributed by atoms with E-state index in [0.717, 1.165) is 0 Å². The maximum Gasteiger partial charge on any atom is 0.490 e. The molecule has 6 atom stereocenters. The van der Waals surface area contributed by atoms with E-state index in [0.29, 0.717) is 4.64 Å². The SMILES string of the molecule is O=P(O)(O)OP(=O)(O)OP(=O)(O)OC[C@H]1O[C@@H](n2ccc(=S)[nH]c2=S)[C@H](O)[C@@H]1O. The Labute approximate surface area is 171 Å². The number of aromatic amines is 1. The minimum Gasteiger partial charge on any atom is -0.387 e. The fraction of sp³-hybridized carbons (Fsp3) is 0.556. The van der Waals surface area contributed by atoms with Gasteiger partial charge in [0.05, 0.1) is 6.61 Å². The number of nitrogens with zero attached hydrogens (tertiary/aromatic N) is 1. The highest BCUT2D eigenvalue weighted by Crippen LogP contribution is 2.66. The van der Waals surface area contributed by atoms with Crippen LogP contribution in [0.4, 0.5) is 0 Å². The first-order valence-electron chi connectivity index (χ1n) is 7.22. The van der Waals surface area contributed by atoms with Gasteiger partial charge in [0.2, 0.25) is 0 Å². The van der Waals surface area contributed by atoms with Gasteiger partial charge >= 0.3 is 23.5 Å². The average Bonchev–Trinajstić information content (AvgIpc) is 2.78. The van der Waals surface area contributed by atoms with Crippen LogP contribution < -0.4 is 0 Å². The van der Waals surface area contributed by atoms with Crippen molar-refractivity contribution in [2.45, 2.75) is 24.5 Å². The molecule has 1 fully saturated rings. The lowest BCUT2D eigenvalue weighted by atomic mass is 10.1. The summed E-state index contributed by atoms with van der Waals surface area (Å²) >= 11 is 9.91. The second-order valence-corrected chi connectivity index (χ2v) is 10.7. The summed E-state index contributed by atoms with van der Waals surface area (Å²) in [5, 5.41) is 20.2. The molecule has 166 valence electrons. The molecule has 0 bridgehead atoms. The zero-order chi connectivity index (χ0) is 22.2. The molecule has 1 aliphatic heterocycles. The van der Waals surface area contributed by atoms with Crippen LogP contribution in [0.5, 0.6) is 0 Å². The molecule has 20 heteroatoms. The zero-order valence-corrected chi connectivity index (χ0v) is 18.1. The first-order chi connectivity index (χ1) is 13.1. The molecule has 2 heterocycles. The predicted molar refractivity (Wildman–Crippen MR) is 96.2 cm³/mol. The van der Waals surface area contributed by atoms with Gasteiger partial charge < -0.3 is 39.5 Å². The Morgan fingerprint density at radius 3 is 2.24 bits per heavy atom. The Hall–Kier alpha value is -0.190. The van der Waals surface area contributed by atoms with Crippen molar-refractivity contribution in [1.29, 1.82) is 0 Å². The highest BCUT2D eigenvalue weighted by atomic mass is 32.1. The lowest BCUT2D eigenvalue weighted by Gasteiger charge is -2.19. The van der Waals surface area contributed by atoms with Gasteiger partial charge in [0.25, 0.3) is 0 Å². The molecule has 29 heavy (non-hydrogen) atoms. The Kier molecular flexibility index (Phi) is 7.89. The summed E-state index contributed by atoms with van der Waals surface area (Å²) in [6.07, 6.45) is -4.49. The maximum atomic E-state index is 11.7. The average molecular weight is 516 g/mol. The monoisotopic (exact) mass is 516 g/mol. The molecule has 0 amide bonds. The standard InChI is InChI=1S/C9H15N2O13P3S2/c12-6-4(3-21-26(17,18)24-27(19,20)23-25(14,15)16)22-8(7(6)13)11-2-1-5(28)10-9(11)29/h1-2,4,6-8,12-13H,3H2,(H,17,18)(H,19,20)(H,10,28,29)(H2,14,15,16)/t4-,6-,7-,8-/m1/s1. The van der Waals surface area contributed by atoms with E-state index in [1.165, 1.54) is 16.8 Å². The second kappa shape index (κ2) is 9.12. The van der Waals surface area contributed by atoms with E-state index >= 15 is 0 Å². The number of phosphoric acid groups is 3. The van der Waals surface area contributed by atoms with Crippen LogP contribution in [0.2, 0.25) is 0 Å². The molecule has 1 aliphatic rings. The summed E-state index contributed by atoms with van der Waals surface area (Å²) < 4.78 is 51.9. The molecule has 1 saturated heterocycles. The quantitative estimate of drug-likeness (QED) is 0.181. The van der Waals surface area contributed by atoms with E-state index in [-0.39, 0.29) is 4.77 Å². The molecular weight excluding hydrogens is 501 g/mol. The van der Waals surface area contributed by atoms with Crippen LogP contribution in [-0.4, -0.2) is 64.3 Å². The van der Waals surface area contributed by atoms with E-state index in [4.69, 9.17) is 43.9 Å². The zero-order valence-electron chi connectivity index (χ0n) is 13.8. The van der Waals surface area contributed by atoms with Crippen molar-refractivity contribution in [3.8, 4) is 0 Å². The largest absolute Gasteiger partial charge is 0.490 e. The molecule has 0 radical (unpaired) electrons. The number of aliphatic hydroxyl groups is 2. The van der Waals surface area contributed by atoms with Gasteiger partial charge in [-0.15, -0.1) is 0 Å². The molecule has 1 aromatic rings. The third-order valence-electron chi connectivity index (χ3n) is 3.28. The van der Waals surface area contributed by atoms with Crippen LogP contribution in [0.25, 0.3) is 0 Å². The van der Waals surface area contributed by atoms with E-state index < -0.39 is 54.6 Å². The van der Waals surface area contributed by atoms with Crippen molar-refractivity contribution < 1.29 is 61.4 Å². The number of aromatic nitrogens is 2. The lowest BCUT2D eigenvalue weighted by molar-refractivity contribution is -0.0533. The molecule has 2 rings (SSSR count). The van der Waals surface area contributed by atoms with Crippen LogP contribution >= 0.6 is 47.9 Å². The fourth-order valence-corrected chi connectivity index (χ4v) is 5.72. The number of hydrogen-bond donors (Lipinski definition) is 7. The van der Waals surface area contributed by atoms with Crippen LogP contribution in [0.3, 0.4) is 0 Å². The number of ether oxygens (including phenoxy) is 1. The molecule has 2 unspecified atom stereocenters. The Balaban J connectivity index is 2.06. The minimum absolute atomic E-state index is 0.0438. The number of rotatable bonds is 8. The van der Waals surface area contributed by atoms with Gasteiger partial charge in [0, 0.05) is 6.20 Å². The Morgan fingerprint density at radius 1 is 1.07 bits per heavy atom. The third-order valence-corrected chi connectivity index (χ3v) is 7.63. The Bertz CT molecular complexity index is 1010. The summed E-state index contributed by atoms with van der Waals surface area (Å²) in [7, 11) is -16.6. The van der Waals surface area contributed by atoms with Crippen molar-refractivity contribution in [3.63, 3.8) is 0 Å². The lowest BCUT2D eigenvalue weighted by Crippen LogP contribution is -2.33. The predicted octanol–water partition coefficient (Wildman–Crippen LogP) is 0.238. The van der Waals surface area contributed by atoms with Crippen LogP contribution in [-0.2, 0) is 31.6 Å². The molecular formula is C9H15N2O13P3S2. The van der Waals surface area contributed by atoms with E-state index in [1.807, 2.05) is 0 Å². The topological polar surface area (TPSA) is 230 Å². The number of hydrogen-bond acceptors (Lipinski definition) is 11. The van der Waals surface area contributed by atoms with Gasteiger partial charge in [0.15, 0.2) is 11.0 Å². The van der Waals surface area contributed by atoms with Gasteiger partial charge in [0.1, 0.15) is 23.0 Å². The maximum absolute atomic E-state index is 11.7. The molecule has 0 aromatic carbocycles. The molecule has 15 nitrogen and oxygen atoms in total. The minimum atomic E-state index is -5.68. The van der Waals surface area contributed by atoms with Gasteiger partial charge in [-0.25, -0.2) is 13.7 Å². The fourth-order valence-electron chi connectivity index (χ4n) is 2.20. The molecule has 1 aromatic heterocycles. The second-order valence-electron chi connectivity index (χ2n) is 5.45. The number of aliphatic hydroxyl groups excluding tert-OH is 2. The van der Waals surface area contributed by atoms with Gasteiger partial charge in [-0.3, -0.25) is 9.09 Å². The molecule has 0 aliphatic carbocycles. The first-order valence-corrected chi connectivity index (χ1v) is 12.6. The van der Waals surface area contributed by atoms with Crippen molar-refractivity contribution in [2.24, 2.45) is 0 Å². The number of nitrogens with one attached hydrogen (secondary N) is 1. The highest BCUT2D eigenvalue weighted by molar-refractivity contribution is 7.72. The third kappa shape index (κ3) is 7.18. The van der Waals surface area contributed by atoms with Crippen LogP contribution in [0, 0.1) is 9.41 Å². The van der Waals surface area contributed by atoms with Crippen LogP contribution in [0.1, 0.15) is 6.23 Å². The van der Waals surface area contributed by atoms with Gasteiger partial charge in [-0.1, -0.05) is 12.2 Å². The normalized spacial score (nSPS) is 29.3. The first kappa shape index (κ1) is 25.1. The molecule has 7 N–H and O–H groups in total. The summed E-state index contributed by atoms with van der Waals surface area (Å²) in [6.45, 7) is -0.936. The van der Waals surface area contributed by atoms with E-state index in [9.17, 15) is 28.8 Å². The van der Waals surface area contributed by atoms with Gasteiger partial charge in [-0.05, 0) is 18.3 Å². The molecule has 0 spiro atoms. The summed E-state index contributed by atoms with van der Waals surface area (Å²) in [5.41, 5.74) is 0. The smallest absolute Gasteiger partial charge is 0.387 e. The number of H-pyrrole nitrogens is 1. The van der Waals surface area contributed by atoms with E-state index in [1.54, 1.807) is 0 Å². The van der Waals surface area contributed by atoms with Crippen LogP contribution in [0.15, 0.2) is 12.3 Å². The number of phosphoric ester groups is 1. The molecule has 0 saturated carbocycles. The summed E-state index contributed by atoms with van der Waals surface area (Å²) in [6, 6.07) is 1.42. The summed E-state index contributed by atoms with van der Waals surface area (Å²) in [5.74, 6) is 0. The van der Waals surface area contributed by atoms with Crippen molar-refractivity contribution >= 4 is 47.9 Å². The van der Waals surface area contributed by atoms with E-state index in [2.05, 4.69) is 18.1 Å².